The van der Waals surface area contributed by atoms with E-state index in [9.17, 15) is 13.2 Å². The van der Waals surface area contributed by atoms with Crippen LogP contribution in [0.25, 0.3) is 11.0 Å². The number of rotatable bonds is 6. The molecule has 160 valence electrons. The van der Waals surface area contributed by atoms with Crippen molar-refractivity contribution in [3.8, 4) is 0 Å². The number of benzene rings is 1. The summed E-state index contributed by atoms with van der Waals surface area (Å²) in [6, 6.07) is 4.70. The third-order valence-electron chi connectivity index (χ3n) is 6.23. The number of H-pyrrole nitrogens is 2. The summed E-state index contributed by atoms with van der Waals surface area (Å²) in [5.41, 5.74) is 0.767. The number of aromatic nitrogens is 2. The van der Waals surface area contributed by atoms with Crippen LogP contribution in [0.15, 0.2) is 27.9 Å². The Morgan fingerprint density at radius 1 is 1.07 bits per heavy atom. The summed E-state index contributed by atoms with van der Waals surface area (Å²) in [6.07, 6.45) is 5.35. The fourth-order valence-electron chi connectivity index (χ4n) is 4.38. The van der Waals surface area contributed by atoms with Crippen LogP contribution in [0.4, 0.5) is 0 Å². The summed E-state index contributed by atoms with van der Waals surface area (Å²) < 4.78 is 33.6. The van der Waals surface area contributed by atoms with Crippen molar-refractivity contribution in [2.75, 3.05) is 39.3 Å². The second kappa shape index (κ2) is 8.59. The van der Waals surface area contributed by atoms with Gasteiger partial charge in [-0.3, -0.25) is 4.90 Å². The topological polar surface area (TPSA) is 98.5 Å². The van der Waals surface area contributed by atoms with Gasteiger partial charge in [-0.05, 0) is 37.0 Å². The van der Waals surface area contributed by atoms with Gasteiger partial charge in [0.2, 0.25) is 10.0 Å². The highest BCUT2D eigenvalue weighted by atomic mass is 32.2. The van der Waals surface area contributed by atoms with E-state index in [1.165, 1.54) is 29.6 Å². The van der Waals surface area contributed by atoms with Crippen molar-refractivity contribution in [1.82, 2.24) is 19.2 Å². The standard InChI is InChI=1S/C20H30N4O4S/c1-15-4-2-3-5-19(15)28-13-12-23-8-10-24(11-9-23)29(26,27)16-6-7-17-18(14-16)22-20(25)21-17/h6-7,14-15,19H,2-5,8-13H2,1H3,(H2,21,22,25). The minimum absolute atomic E-state index is 0.211. The van der Waals surface area contributed by atoms with Crippen LogP contribution in [0.1, 0.15) is 32.6 Å². The molecule has 0 radical (unpaired) electrons. The SMILES string of the molecule is CC1CCCCC1OCCN1CCN(S(=O)(=O)c2ccc3[nH]c(=O)[nH]c3c2)CC1. The Morgan fingerprint density at radius 2 is 1.79 bits per heavy atom. The maximum atomic E-state index is 13.0. The van der Waals surface area contributed by atoms with Crippen LogP contribution in [0.2, 0.25) is 0 Å². The second-order valence-corrected chi connectivity index (χ2v) is 10.1. The highest BCUT2D eigenvalue weighted by Crippen LogP contribution is 2.26. The van der Waals surface area contributed by atoms with Crippen molar-refractivity contribution in [3.63, 3.8) is 0 Å². The molecule has 9 heteroatoms. The van der Waals surface area contributed by atoms with Crippen molar-refractivity contribution in [3.05, 3.63) is 28.7 Å². The van der Waals surface area contributed by atoms with E-state index in [-0.39, 0.29) is 10.6 Å². The third kappa shape index (κ3) is 4.58. The van der Waals surface area contributed by atoms with E-state index in [0.717, 1.165) is 13.0 Å². The first-order chi connectivity index (χ1) is 13.9. The second-order valence-electron chi connectivity index (χ2n) is 8.20. The van der Waals surface area contributed by atoms with Crippen LogP contribution in [0, 0.1) is 5.92 Å². The van der Waals surface area contributed by atoms with Gasteiger partial charge in [0.05, 0.1) is 28.6 Å². The summed E-state index contributed by atoms with van der Waals surface area (Å²) in [7, 11) is -3.57. The van der Waals surface area contributed by atoms with Gasteiger partial charge < -0.3 is 14.7 Å². The summed E-state index contributed by atoms with van der Waals surface area (Å²) >= 11 is 0. The Kier molecular flexibility index (Phi) is 6.10. The average molecular weight is 423 g/mol. The Morgan fingerprint density at radius 3 is 2.55 bits per heavy atom. The van der Waals surface area contributed by atoms with Gasteiger partial charge in [0.1, 0.15) is 0 Å². The van der Waals surface area contributed by atoms with E-state index < -0.39 is 10.0 Å². The predicted octanol–water partition coefficient (Wildman–Crippen LogP) is 1.76. The lowest BCUT2D eigenvalue weighted by atomic mass is 9.88. The highest BCUT2D eigenvalue weighted by molar-refractivity contribution is 7.89. The van der Waals surface area contributed by atoms with Gasteiger partial charge >= 0.3 is 5.69 Å². The zero-order chi connectivity index (χ0) is 20.4. The lowest BCUT2D eigenvalue weighted by Crippen LogP contribution is -2.49. The maximum Gasteiger partial charge on any atom is 0.323 e. The minimum Gasteiger partial charge on any atom is -0.377 e. The van der Waals surface area contributed by atoms with Gasteiger partial charge in [0.25, 0.3) is 0 Å². The molecule has 8 nitrogen and oxygen atoms in total. The summed E-state index contributed by atoms with van der Waals surface area (Å²) in [4.78, 5) is 19.1. The third-order valence-corrected chi connectivity index (χ3v) is 8.12. The summed E-state index contributed by atoms with van der Waals surface area (Å²) in [5, 5.41) is 0. The van der Waals surface area contributed by atoms with Crippen molar-refractivity contribution >= 4 is 21.1 Å². The van der Waals surface area contributed by atoms with E-state index >= 15 is 0 Å². The predicted molar refractivity (Wildman–Crippen MR) is 111 cm³/mol. The van der Waals surface area contributed by atoms with Crippen molar-refractivity contribution in [1.29, 1.82) is 0 Å². The van der Waals surface area contributed by atoms with Gasteiger partial charge in [-0.15, -0.1) is 0 Å². The first-order valence-corrected chi connectivity index (χ1v) is 11.9. The molecular formula is C20H30N4O4S. The van der Waals surface area contributed by atoms with Crippen LogP contribution >= 0.6 is 0 Å². The number of aromatic amines is 2. The normalized spacial score (nSPS) is 24.9. The number of imidazole rings is 1. The van der Waals surface area contributed by atoms with E-state index in [4.69, 9.17) is 4.74 Å². The molecule has 1 saturated heterocycles. The quantitative estimate of drug-likeness (QED) is 0.739. The van der Waals surface area contributed by atoms with Gasteiger partial charge in [-0.1, -0.05) is 19.8 Å². The van der Waals surface area contributed by atoms with E-state index in [1.807, 2.05) is 0 Å². The Balaban J connectivity index is 1.30. The molecule has 2 N–H and O–H groups in total. The smallest absolute Gasteiger partial charge is 0.323 e. The summed E-state index contributed by atoms with van der Waals surface area (Å²) in [6.45, 7) is 6.15. The molecule has 1 aromatic carbocycles. The molecule has 1 saturated carbocycles. The van der Waals surface area contributed by atoms with Gasteiger partial charge in [0.15, 0.2) is 0 Å². The molecule has 1 aromatic heterocycles. The number of piperazine rings is 1. The monoisotopic (exact) mass is 422 g/mol. The van der Waals surface area contributed by atoms with Crippen LogP contribution < -0.4 is 5.69 Å². The Labute approximate surface area is 171 Å². The number of sulfonamides is 1. The molecule has 2 aliphatic rings. The first kappa shape index (κ1) is 20.6. The lowest BCUT2D eigenvalue weighted by molar-refractivity contribution is -0.0160. The fraction of sp³-hybridized carbons (Fsp3) is 0.650. The number of hydrogen-bond acceptors (Lipinski definition) is 5. The molecule has 1 aliphatic heterocycles. The summed E-state index contributed by atoms with van der Waals surface area (Å²) in [5.74, 6) is 0.637. The number of ether oxygens (including phenoxy) is 1. The van der Waals surface area contributed by atoms with E-state index in [2.05, 4.69) is 21.8 Å². The zero-order valence-corrected chi connectivity index (χ0v) is 17.7. The molecular weight excluding hydrogens is 392 g/mol. The van der Waals surface area contributed by atoms with E-state index in [1.54, 1.807) is 12.1 Å². The van der Waals surface area contributed by atoms with Crippen LogP contribution in [0.5, 0.6) is 0 Å². The molecule has 0 amide bonds. The Bertz CT molecular complexity index is 991. The highest BCUT2D eigenvalue weighted by Gasteiger charge is 2.29. The van der Waals surface area contributed by atoms with Crippen LogP contribution in [-0.2, 0) is 14.8 Å². The molecule has 2 atom stereocenters. The van der Waals surface area contributed by atoms with Crippen molar-refractivity contribution in [2.45, 2.75) is 43.6 Å². The van der Waals surface area contributed by atoms with Gasteiger partial charge in [-0.25, -0.2) is 13.2 Å². The Hall–Kier alpha value is -1.68. The molecule has 0 bridgehead atoms. The first-order valence-electron chi connectivity index (χ1n) is 10.5. The minimum atomic E-state index is -3.57. The molecule has 2 unspecified atom stereocenters. The van der Waals surface area contributed by atoms with Crippen LogP contribution in [-0.4, -0.2) is 73.0 Å². The molecule has 1 aliphatic carbocycles. The number of nitrogens with zero attached hydrogens (tertiary/aromatic N) is 2. The van der Waals surface area contributed by atoms with Crippen LogP contribution in [0.3, 0.4) is 0 Å². The maximum absolute atomic E-state index is 13.0. The average Bonchev–Trinajstić information content (AvgIpc) is 3.09. The van der Waals surface area contributed by atoms with E-state index in [0.29, 0.717) is 55.8 Å². The van der Waals surface area contributed by atoms with Gasteiger partial charge in [0, 0.05) is 32.7 Å². The van der Waals surface area contributed by atoms with Crippen molar-refractivity contribution in [2.24, 2.45) is 5.92 Å². The number of hydrogen-bond donors (Lipinski definition) is 2. The number of nitrogens with one attached hydrogen (secondary N) is 2. The van der Waals surface area contributed by atoms with Gasteiger partial charge in [-0.2, -0.15) is 4.31 Å². The molecule has 4 rings (SSSR count). The molecule has 2 fully saturated rings. The molecule has 29 heavy (non-hydrogen) atoms. The molecule has 2 heterocycles. The number of fused-ring (bicyclic) bond motifs is 1. The fourth-order valence-corrected chi connectivity index (χ4v) is 5.83. The molecule has 0 spiro atoms. The van der Waals surface area contributed by atoms with Crippen molar-refractivity contribution < 1.29 is 13.2 Å². The molecule has 2 aromatic rings. The largest absolute Gasteiger partial charge is 0.377 e. The zero-order valence-electron chi connectivity index (χ0n) is 16.9. The lowest BCUT2D eigenvalue weighted by Gasteiger charge is -2.35.